The third-order valence-electron chi connectivity index (χ3n) is 5.65. The van der Waals surface area contributed by atoms with E-state index in [4.69, 9.17) is 0 Å². The molecule has 4 rings (SSSR count). The number of sulfonamides is 1. The van der Waals surface area contributed by atoms with Crippen LogP contribution in [0.3, 0.4) is 0 Å². The highest BCUT2D eigenvalue weighted by Gasteiger charge is 2.29. The Bertz CT molecular complexity index is 1490. The van der Waals surface area contributed by atoms with Crippen LogP contribution in [0.25, 0.3) is 11.0 Å². The van der Waals surface area contributed by atoms with Crippen LogP contribution in [-0.2, 0) is 16.6 Å². The van der Waals surface area contributed by atoms with Crippen molar-refractivity contribution in [3.8, 4) is 0 Å². The molecule has 0 radical (unpaired) electrons. The number of benzene rings is 1. The zero-order valence-electron chi connectivity index (χ0n) is 19.9. The van der Waals surface area contributed by atoms with Crippen LogP contribution in [0.1, 0.15) is 62.0 Å². The van der Waals surface area contributed by atoms with Crippen molar-refractivity contribution in [2.75, 3.05) is 15.8 Å². The molecular weight excluding hydrogens is 470 g/mol. The van der Waals surface area contributed by atoms with Gasteiger partial charge in [0.15, 0.2) is 5.65 Å². The number of nitrogens with zero attached hydrogens (tertiary/aromatic N) is 2. The van der Waals surface area contributed by atoms with Crippen LogP contribution >= 0.6 is 0 Å². The molecule has 1 aliphatic carbocycles. The van der Waals surface area contributed by atoms with Gasteiger partial charge in [-0.15, -0.1) is 0 Å². The minimum absolute atomic E-state index is 0.0142. The summed E-state index contributed by atoms with van der Waals surface area (Å²) >= 11 is 0. The second-order valence-corrected chi connectivity index (χ2v) is 11.1. The molecule has 3 N–H and O–H groups in total. The van der Waals surface area contributed by atoms with Gasteiger partial charge in [-0.05, 0) is 55.5 Å². The highest BCUT2D eigenvalue weighted by Crippen LogP contribution is 2.40. The Morgan fingerprint density at radius 3 is 2.43 bits per heavy atom. The van der Waals surface area contributed by atoms with Gasteiger partial charge in [0, 0.05) is 29.5 Å². The van der Waals surface area contributed by atoms with Crippen LogP contribution in [0, 0.1) is 5.92 Å². The van der Waals surface area contributed by atoms with E-state index in [1.54, 1.807) is 37.3 Å². The quantitative estimate of drug-likeness (QED) is 0.413. The monoisotopic (exact) mass is 499 g/mol. The van der Waals surface area contributed by atoms with Crippen molar-refractivity contribution in [3.05, 3.63) is 62.4 Å². The lowest BCUT2D eigenvalue weighted by Crippen LogP contribution is -2.33. The van der Waals surface area contributed by atoms with Gasteiger partial charge in [0.05, 0.1) is 16.7 Å². The number of anilines is 2. The van der Waals surface area contributed by atoms with E-state index in [2.05, 4.69) is 20.0 Å². The summed E-state index contributed by atoms with van der Waals surface area (Å²) in [6.45, 7) is 6.04. The second-order valence-electron chi connectivity index (χ2n) is 9.28. The van der Waals surface area contributed by atoms with E-state index in [0.717, 1.165) is 12.8 Å². The Kier molecular flexibility index (Phi) is 6.79. The molecule has 0 atom stereocenters. The van der Waals surface area contributed by atoms with Gasteiger partial charge in [-0.3, -0.25) is 23.9 Å². The van der Waals surface area contributed by atoms with E-state index in [-0.39, 0.29) is 34.2 Å². The van der Waals surface area contributed by atoms with Crippen molar-refractivity contribution in [3.63, 3.8) is 0 Å². The van der Waals surface area contributed by atoms with Crippen LogP contribution in [0.5, 0.6) is 0 Å². The highest BCUT2D eigenvalue weighted by atomic mass is 32.2. The number of hydrogen-bond donors (Lipinski definition) is 3. The molecule has 2 heterocycles. The second kappa shape index (κ2) is 9.65. The zero-order valence-corrected chi connectivity index (χ0v) is 20.7. The number of hydrogen-bond acceptors (Lipinski definition) is 6. The van der Waals surface area contributed by atoms with Gasteiger partial charge in [0.25, 0.3) is 11.5 Å². The summed E-state index contributed by atoms with van der Waals surface area (Å²) in [5, 5.41) is 2.84. The predicted molar refractivity (Wildman–Crippen MR) is 136 cm³/mol. The third kappa shape index (κ3) is 5.61. The van der Waals surface area contributed by atoms with Gasteiger partial charge in [-0.1, -0.05) is 20.8 Å². The molecule has 1 aliphatic rings. The summed E-state index contributed by atoms with van der Waals surface area (Å²) in [7, 11) is -3.43. The van der Waals surface area contributed by atoms with Gasteiger partial charge in [0.1, 0.15) is 0 Å². The first-order valence-corrected chi connectivity index (χ1v) is 13.3. The van der Waals surface area contributed by atoms with E-state index in [9.17, 15) is 22.8 Å². The average molecular weight is 500 g/mol. The van der Waals surface area contributed by atoms with Crippen LogP contribution in [0.2, 0.25) is 0 Å². The number of rotatable bonds is 9. The topological polar surface area (TPSA) is 143 Å². The van der Waals surface area contributed by atoms with Crippen LogP contribution in [0.15, 0.2) is 39.9 Å². The van der Waals surface area contributed by atoms with Crippen LogP contribution in [0.4, 0.5) is 11.4 Å². The van der Waals surface area contributed by atoms with Crippen molar-refractivity contribution in [1.82, 2.24) is 14.5 Å². The summed E-state index contributed by atoms with van der Waals surface area (Å²) in [6, 6.07) is 7.88. The first-order chi connectivity index (χ1) is 16.6. The van der Waals surface area contributed by atoms with Crippen LogP contribution < -0.4 is 21.3 Å². The van der Waals surface area contributed by atoms with Gasteiger partial charge >= 0.3 is 5.69 Å². The van der Waals surface area contributed by atoms with E-state index >= 15 is 0 Å². The molecule has 186 valence electrons. The number of pyridine rings is 1. The van der Waals surface area contributed by atoms with Crippen molar-refractivity contribution in [2.24, 2.45) is 5.92 Å². The number of aromatic nitrogens is 3. The van der Waals surface area contributed by atoms with E-state index in [1.165, 1.54) is 4.57 Å². The predicted octanol–water partition coefficient (Wildman–Crippen LogP) is 3.02. The lowest BCUT2D eigenvalue weighted by molar-refractivity contribution is 0.102. The minimum atomic E-state index is -3.43. The SMILES string of the molecule is CCCS(=O)(=O)Nc1ccc(NC(=O)c2cc(C3CC3)nc3c2c(=O)[nH]c(=O)n3CC(C)C)cc1. The van der Waals surface area contributed by atoms with Gasteiger partial charge in [-0.25, -0.2) is 18.2 Å². The summed E-state index contributed by atoms with van der Waals surface area (Å²) < 4.78 is 27.8. The maximum absolute atomic E-state index is 13.3. The van der Waals surface area contributed by atoms with E-state index < -0.39 is 27.2 Å². The molecule has 10 nitrogen and oxygen atoms in total. The van der Waals surface area contributed by atoms with E-state index in [1.807, 2.05) is 13.8 Å². The lowest BCUT2D eigenvalue weighted by Gasteiger charge is -2.15. The number of H-pyrrole nitrogens is 1. The first kappa shape index (κ1) is 24.6. The fourth-order valence-electron chi connectivity index (χ4n) is 3.91. The number of amides is 1. The maximum atomic E-state index is 13.3. The fourth-order valence-corrected chi connectivity index (χ4v) is 5.05. The fraction of sp³-hybridized carbons (Fsp3) is 0.417. The molecule has 2 aromatic heterocycles. The van der Waals surface area contributed by atoms with Crippen molar-refractivity contribution >= 4 is 38.3 Å². The van der Waals surface area contributed by atoms with Crippen LogP contribution in [-0.4, -0.2) is 34.6 Å². The molecule has 0 spiro atoms. The maximum Gasteiger partial charge on any atom is 0.330 e. The smallest absolute Gasteiger partial charge is 0.322 e. The van der Waals surface area contributed by atoms with E-state index in [0.29, 0.717) is 30.0 Å². The molecule has 1 aromatic carbocycles. The minimum Gasteiger partial charge on any atom is -0.322 e. The molecule has 1 saturated carbocycles. The standard InChI is InChI=1S/C24H29N5O5S/c1-4-11-35(33,34)28-17-9-7-16(8-10-17)25-22(30)18-12-19(15-5-6-15)26-21-20(18)23(31)27-24(32)29(21)13-14(2)3/h7-10,12,14-15,28H,4-6,11,13H2,1-3H3,(H,25,30)(H,27,31,32). The zero-order chi connectivity index (χ0) is 25.3. The molecule has 1 fully saturated rings. The van der Waals surface area contributed by atoms with Gasteiger partial charge in [0.2, 0.25) is 10.0 Å². The number of carbonyl (C=O) groups excluding carboxylic acids is 1. The molecule has 1 amide bonds. The number of fused-ring (bicyclic) bond motifs is 1. The molecule has 3 aromatic rings. The molecule has 0 saturated heterocycles. The van der Waals surface area contributed by atoms with Crippen molar-refractivity contribution in [2.45, 2.75) is 52.5 Å². The molecule has 11 heteroatoms. The average Bonchev–Trinajstić information content (AvgIpc) is 3.62. The third-order valence-corrected chi connectivity index (χ3v) is 7.14. The Morgan fingerprint density at radius 2 is 1.83 bits per heavy atom. The Balaban J connectivity index is 1.70. The first-order valence-electron chi connectivity index (χ1n) is 11.7. The summed E-state index contributed by atoms with van der Waals surface area (Å²) in [5.41, 5.74) is 0.640. The lowest BCUT2D eigenvalue weighted by atomic mass is 10.1. The Morgan fingerprint density at radius 1 is 1.17 bits per heavy atom. The normalized spacial score (nSPS) is 13.8. The molecular formula is C24H29N5O5S. The van der Waals surface area contributed by atoms with Gasteiger partial charge < -0.3 is 5.32 Å². The molecule has 0 bridgehead atoms. The number of aromatic amines is 1. The molecule has 0 unspecified atom stereocenters. The largest absolute Gasteiger partial charge is 0.330 e. The van der Waals surface area contributed by atoms with Crippen molar-refractivity contribution in [1.29, 1.82) is 0 Å². The number of carbonyl (C=O) groups is 1. The number of nitrogens with one attached hydrogen (secondary N) is 3. The van der Waals surface area contributed by atoms with Gasteiger partial charge in [-0.2, -0.15) is 0 Å². The Hall–Kier alpha value is -3.47. The molecule has 0 aliphatic heterocycles. The van der Waals surface area contributed by atoms with Crippen molar-refractivity contribution < 1.29 is 13.2 Å². The summed E-state index contributed by atoms with van der Waals surface area (Å²) in [6.07, 6.45) is 2.37. The summed E-state index contributed by atoms with van der Waals surface area (Å²) in [5.74, 6) is -0.179. The highest BCUT2D eigenvalue weighted by molar-refractivity contribution is 7.92. The molecule has 35 heavy (non-hydrogen) atoms. The summed E-state index contributed by atoms with van der Waals surface area (Å²) in [4.78, 5) is 45.6. The Labute approximate surface area is 202 Å².